The van der Waals surface area contributed by atoms with Crippen LogP contribution in [-0.4, -0.2) is 32.5 Å². The summed E-state index contributed by atoms with van der Waals surface area (Å²) in [6.07, 6.45) is -2.10. The molecule has 1 aliphatic heterocycles. The van der Waals surface area contributed by atoms with Crippen molar-refractivity contribution in [2.24, 2.45) is 0 Å². The zero-order chi connectivity index (χ0) is 18.1. The molecule has 0 aliphatic carbocycles. The van der Waals surface area contributed by atoms with Crippen LogP contribution < -0.4 is 10.0 Å². The van der Waals surface area contributed by atoms with Gasteiger partial charge in [0, 0.05) is 17.9 Å². The zero-order valence-electron chi connectivity index (χ0n) is 13.2. The Morgan fingerprint density at radius 3 is 2.44 bits per heavy atom. The first-order chi connectivity index (χ1) is 11.8. The lowest BCUT2D eigenvalue weighted by molar-refractivity contribution is -0.139. The van der Waals surface area contributed by atoms with Crippen LogP contribution in [0.15, 0.2) is 41.4 Å². The lowest BCUT2D eigenvalue weighted by Gasteiger charge is -2.24. The first-order valence-corrected chi connectivity index (χ1v) is 9.34. The Labute approximate surface area is 143 Å². The molecular formula is C16H18F3N3O2S. The molecule has 2 heterocycles. The molecule has 9 heteroatoms. The predicted molar refractivity (Wildman–Crippen MR) is 87.4 cm³/mol. The van der Waals surface area contributed by atoms with Crippen LogP contribution in [0.25, 0.3) is 11.3 Å². The fourth-order valence-electron chi connectivity index (χ4n) is 2.89. The van der Waals surface area contributed by atoms with Gasteiger partial charge in [0.15, 0.2) is 0 Å². The highest BCUT2D eigenvalue weighted by Gasteiger charge is 2.38. The van der Waals surface area contributed by atoms with Crippen molar-refractivity contribution in [1.82, 2.24) is 15.0 Å². The first kappa shape index (κ1) is 18.0. The highest BCUT2D eigenvalue weighted by molar-refractivity contribution is 7.89. The maximum absolute atomic E-state index is 13.5. The van der Waals surface area contributed by atoms with Gasteiger partial charge in [-0.25, -0.2) is 13.1 Å². The lowest BCUT2D eigenvalue weighted by Crippen LogP contribution is -2.43. The molecule has 1 saturated heterocycles. The van der Waals surface area contributed by atoms with E-state index in [9.17, 15) is 21.6 Å². The number of benzene rings is 1. The molecule has 1 fully saturated rings. The highest BCUT2D eigenvalue weighted by atomic mass is 32.2. The molecule has 3 rings (SSSR count). The Balaban J connectivity index is 1.99. The van der Waals surface area contributed by atoms with E-state index in [2.05, 4.69) is 15.0 Å². The minimum atomic E-state index is -4.78. The molecule has 1 aliphatic rings. The summed E-state index contributed by atoms with van der Waals surface area (Å²) in [5, 5.41) is 3.08. The molecule has 136 valence electrons. The Morgan fingerprint density at radius 1 is 1.12 bits per heavy atom. The highest BCUT2D eigenvalue weighted by Crippen LogP contribution is 2.36. The third kappa shape index (κ3) is 4.05. The molecule has 0 spiro atoms. The quantitative estimate of drug-likeness (QED) is 0.772. The molecule has 5 nitrogen and oxygen atoms in total. The molecular weight excluding hydrogens is 355 g/mol. The van der Waals surface area contributed by atoms with Crippen molar-refractivity contribution in [3.05, 3.63) is 42.1 Å². The Bertz CT molecular complexity index is 827. The summed E-state index contributed by atoms with van der Waals surface area (Å²) in [5.41, 5.74) is -0.403. The standard InChI is InChI=1S/C16H18F3N3O2S/c17-16(18,19)13-10-11(14-2-1-7-21-14)3-4-15(13)25(23,24)22-12-5-8-20-9-6-12/h1-4,7,10,12,20-22H,5-6,8-9H2. The normalized spacial score (nSPS) is 16.9. The number of piperidine rings is 1. The van der Waals surface area contributed by atoms with Crippen LogP contribution >= 0.6 is 0 Å². The van der Waals surface area contributed by atoms with Gasteiger partial charge in [0.1, 0.15) is 0 Å². The van der Waals surface area contributed by atoms with E-state index in [0.29, 0.717) is 31.6 Å². The summed E-state index contributed by atoms with van der Waals surface area (Å²) in [6, 6.07) is 6.17. The van der Waals surface area contributed by atoms with Crippen LogP contribution in [0, 0.1) is 0 Å². The van der Waals surface area contributed by atoms with Gasteiger partial charge >= 0.3 is 6.18 Å². The topological polar surface area (TPSA) is 74.0 Å². The zero-order valence-corrected chi connectivity index (χ0v) is 14.0. The van der Waals surface area contributed by atoms with Crippen LogP contribution in [0.2, 0.25) is 0 Å². The van der Waals surface area contributed by atoms with E-state index in [4.69, 9.17) is 0 Å². The molecule has 1 aromatic heterocycles. The van der Waals surface area contributed by atoms with Gasteiger partial charge in [-0.15, -0.1) is 0 Å². The van der Waals surface area contributed by atoms with E-state index in [0.717, 1.165) is 12.1 Å². The number of H-pyrrole nitrogens is 1. The number of halogens is 3. The smallest absolute Gasteiger partial charge is 0.361 e. The molecule has 3 N–H and O–H groups in total. The van der Waals surface area contributed by atoms with Crippen molar-refractivity contribution in [2.75, 3.05) is 13.1 Å². The van der Waals surface area contributed by atoms with Crippen molar-refractivity contribution in [3.63, 3.8) is 0 Å². The number of nitrogens with one attached hydrogen (secondary N) is 3. The predicted octanol–water partition coefficient (Wildman–Crippen LogP) is 2.73. The van der Waals surface area contributed by atoms with Gasteiger partial charge in [0.2, 0.25) is 10.0 Å². The Morgan fingerprint density at radius 2 is 1.84 bits per heavy atom. The number of aromatic nitrogens is 1. The molecule has 2 aromatic rings. The second-order valence-electron chi connectivity index (χ2n) is 5.94. The second-order valence-corrected chi connectivity index (χ2v) is 7.62. The minimum Gasteiger partial charge on any atom is -0.361 e. The largest absolute Gasteiger partial charge is 0.417 e. The Hall–Kier alpha value is -1.84. The van der Waals surface area contributed by atoms with Crippen LogP contribution in [0.4, 0.5) is 13.2 Å². The SMILES string of the molecule is O=S(=O)(NC1CCNCC1)c1ccc(-c2ccc[nH]2)cc1C(F)(F)F. The van der Waals surface area contributed by atoms with E-state index in [-0.39, 0.29) is 11.6 Å². The van der Waals surface area contributed by atoms with Gasteiger partial charge in [-0.2, -0.15) is 13.2 Å². The number of hydrogen-bond acceptors (Lipinski definition) is 3. The van der Waals surface area contributed by atoms with Crippen LogP contribution in [0.3, 0.4) is 0 Å². The van der Waals surface area contributed by atoms with Crippen molar-refractivity contribution in [1.29, 1.82) is 0 Å². The third-order valence-electron chi connectivity index (χ3n) is 4.14. The van der Waals surface area contributed by atoms with Crippen molar-refractivity contribution < 1.29 is 21.6 Å². The van der Waals surface area contributed by atoms with E-state index in [1.807, 2.05) is 0 Å². The summed E-state index contributed by atoms with van der Waals surface area (Å²) < 4.78 is 67.9. The maximum Gasteiger partial charge on any atom is 0.417 e. The summed E-state index contributed by atoms with van der Waals surface area (Å²) in [4.78, 5) is 2.07. The van der Waals surface area contributed by atoms with Crippen LogP contribution in [0.1, 0.15) is 18.4 Å². The molecule has 0 radical (unpaired) electrons. The summed E-state index contributed by atoms with van der Waals surface area (Å²) in [6.45, 7) is 1.26. The monoisotopic (exact) mass is 373 g/mol. The van der Waals surface area contributed by atoms with Gasteiger partial charge in [0.05, 0.1) is 10.5 Å². The minimum absolute atomic E-state index is 0.276. The van der Waals surface area contributed by atoms with Gasteiger partial charge in [-0.1, -0.05) is 6.07 Å². The number of aromatic amines is 1. The molecule has 1 aromatic carbocycles. The number of sulfonamides is 1. The van der Waals surface area contributed by atoms with Crippen molar-refractivity contribution >= 4 is 10.0 Å². The van der Waals surface area contributed by atoms with E-state index < -0.39 is 26.7 Å². The lowest BCUT2D eigenvalue weighted by atomic mass is 10.1. The van der Waals surface area contributed by atoms with Gasteiger partial charge in [0.25, 0.3) is 0 Å². The van der Waals surface area contributed by atoms with Crippen molar-refractivity contribution in [2.45, 2.75) is 30.0 Å². The van der Waals surface area contributed by atoms with Crippen LogP contribution in [-0.2, 0) is 16.2 Å². The first-order valence-electron chi connectivity index (χ1n) is 7.85. The number of hydrogen-bond donors (Lipinski definition) is 3. The average Bonchev–Trinajstić information content (AvgIpc) is 3.08. The van der Waals surface area contributed by atoms with E-state index >= 15 is 0 Å². The summed E-state index contributed by atoms with van der Waals surface area (Å²) in [7, 11) is -4.27. The Kier molecular flexibility index (Phi) is 4.90. The van der Waals surface area contributed by atoms with Crippen molar-refractivity contribution in [3.8, 4) is 11.3 Å². The van der Waals surface area contributed by atoms with Gasteiger partial charge < -0.3 is 10.3 Å². The van der Waals surface area contributed by atoms with E-state index in [1.54, 1.807) is 18.3 Å². The number of rotatable bonds is 4. The molecule has 0 unspecified atom stereocenters. The average molecular weight is 373 g/mol. The molecule has 0 saturated carbocycles. The molecule has 0 bridgehead atoms. The summed E-state index contributed by atoms with van der Waals surface area (Å²) in [5.74, 6) is 0. The molecule has 0 atom stereocenters. The third-order valence-corrected chi connectivity index (χ3v) is 5.72. The van der Waals surface area contributed by atoms with Gasteiger partial charge in [-0.05, 0) is 55.8 Å². The second kappa shape index (κ2) is 6.81. The summed E-state index contributed by atoms with van der Waals surface area (Å²) >= 11 is 0. The fraction of sp³-hybridized carbons (Fsp3) is 0.375. The molecule has 0 amide bonds. The number of alkyl halides is 3. The van der Waals surface area contributed by atoms with E-state index in [1.165, 1.54) is 6.07 Å². The fourth-order valence-corrected chi connectivity index (χ4v) is 4.40. The molecule has 25 heavy (non-hydrogen) atoms. The van der Waals surface area contributed by atoms with Gasteiger partial charge in [-0.3, -0.25) is 0 Å². The maximum atomic E-state index is 13.5. The van der Waals surface area contributed by atoms with Crippen LogP contribution in [0.5, 0.6) is 0 Å².